The average Bonchev–Trinajstić information content (AvgIpc) is 2.94. The van der Waals surface area contributed by atoms with Crippen LogP contribution in [0.25, 0.3) is 23.9 Å². The first-order chi connectivity index (χ1) is 18.0. The molecule has 0 saturated carbocycles. The van der Waals surface area contributed by atoms with Crippen LogP contribution >= 0.6 is 0 Å². The zero-order valence-corrected chi connectivity index (χ0v) is 22.5. The number of anilines is 2. The van der Waals surface area contributed by atoms with Crippen LogP contribution in [-0.4, -0.2) is 39.2 Å². The molecule has 0 fully saturated rings. The summed E-state index contributed by atoms with van der Waals surface area (Å²) in [4.78, 5) is 24.4. The molecule has 1 aromatic carbocycles. The van der Waals surface area contributed by atoms with Crippen LogP contribution in [-0.2, 0) is 17.8 Å². The molecule has 194 valence electrons. The molecule has 4 rings (SSSR count). The van der Waals surface area contributed by atoms with Gasteiger partial charge in [-0.25, -0.2) is 9.97 Å². The monoisotopic (exact) mass is 497 g/mol. The Morgan fingerprint density at radius 1 is 1.11 bits per heavy atom. The van der Waals surface area contributed by atoms with E-state index in [-0.39, 0.29) is 0 Å². The standard InChI is InChI=1S/C28H33N5.C2H4.CH2O/c1-6-9-21-14-26(29-16-20(21)5)25-15-22(11-10-19(25)4)32-28-24-12-13-33(23(7-2)8-3)17-27(24)30-18-31-28;2*1-2/h6,9-11,14-16,18,23H,1,5,7-8,12-13,17H2,2-4H3,(H,30,31,32);1-2H2;1H2/b21-9-;;. The molecule has 0 radical (unpaired) electrons. The summed E-state index contributed by atoms with van der Waals surface area (Å²) < 4.78 is 0. The van der Waals surface area contributed by atoms with Gasteiger partial charge in [0.15, 0.2) is 0 Å². The van der Waals surface area contributed by atoms with Crippen molar-refractivity contribution in [2.75, 3.05) is 11.9 Å². The molecule has 37 heavy (non-hydrogen) atoms. The Kier molecular flexibility index (Phi) is 11.6. The molecule has 0 aliphatic carbocycles. The number of carbonyl (C=O) groups excluding carboxylic acids is 1. The second-order valence-electron chi connectivity index (χ2n) is 8.66. The van der Waals surface area contributed by atoms with Crippen LogP contribution in [0.5, 0.6) is 0 Å². The van der Waals surface area contributed by atoms with Crippen molar-refractivity contribution in [1.82, 2.24) is 19.9 Å². The first-order valence-electron chi connectivity index (χ1n) is 12.6. The normalized spacial score (nSPS) is 13.0. The summed E-state index contributed by atoms with van der Waals surface area (Å²) in [5.41, 5.74) is 6.52. The van der Waals surface area contributed by atoms with E-state index < -0.39 is 0 Å². The van der Waals surface area contributed by atoms with Crippen molar-refractivity contribution in [1.29, 1.82) is 0 Å². The topological polar surface area (TPSA) is 71.0 Å². The lowest BCUT2D eigenvalue weighted by Crippen LogP contribution is -2.39. The van der Waals surface area contributed by atoms with E-state index in [1.54, 1.807) is 12.4 Å². The summed E-state index contributed by atoms with van der Waals surface area (Å²) in [7, 11) is 0. The number of carbonyl (C=O) groups is 1. The Bertz CT molecular complexity index is 1300. The van der Waals surface area contributed by atoms with Gasteiger partial charge in [-0.2, -0.15) is 0 Å². The minimum absolute atomic E-state index is 0.615. The number of fused-ring (bicyclic) bond motifs is 1. The fourth-order valence-corrected chi connectivity index (χ4v) is 4.64. The number of nitrogens with zero attached hydrogens (tertiary/aromatic N) is 4. The van der Waals surface area contributed by atoms with Gasteiger partial charge in [0.1, 0.15) is 18.9 Å². The molecule has 6 heteroatoms. The molecule has 0 bridgehead atoms. The molecule has 6 nitrogen and oxygen atoms in total. The largest absolute Gasteiger partial charge is 0.340 e. The molecule has 1 N–H and O–H groups in total. The van der Waals surface area contributed by atoms with Crippen LogP contribution in [0.15, 0.2) is 62.6 Å². The van der Waals surface area contributed by atoms with Gasteiger partial charge >= 0.3 is 0 Å². The maximum absolute atomic E-state index is 8.00. The summed E-state index contributed by atoms with van der Waals surface area (Å²) in [6.07, 6.45) is 10.5. The van der Waals surface area contributed by atoms with Gasteiger partial charge in [-0.3, -0.25) is 9.88 Å². The Morgan fingerprint density at radius 3 is 2.51 bits per heavy atom. The van der Waals surface area contributed by atoms with E-state index in [1.165, 1.54) is 24.0 Å². The molecule has 2 aromatic heterocycles. The Morgan fingerprint density at radius 2 is 1.84 bits per heavy atom. The summed E-state index contributed by atoms with van der Waals surface area (Å²) in [5.74, 6) is 0.903. The van der Waals surface area contributed by atoms with Gasteiger partial charge in [-0.05, 0) is 60.4 Å². The first-order valence-corrected chi connectivity index (χ1v) is 12.6. The van der Waals surface area contributed by atoms with Crippen molar-refractivity contribution in [3.63, 3.8) is 0 Å². The zero-order valence-electron chi connectivity index (χ0n) is 22.5. The quantitative estimate of drug-likeness (QED) is 0.456. The fraction of sp³-hybridized carbons (Fsp3) is 0.290. The van der Waals surface area contributed by atoms with Gasteiger partial charge in [-0.15, -0.1) is 13.2 Å². The van der Waals surface area contributed by atoms with Crippen molar-refractivity contribution >= 4 is 30.9 Å². The van der Waals surface area contributed by atoms with E-state index >= 15 is 0 Å². The van der Waals surface area contributed by atoms with Crippen molar-refractivity contribution in [2.45, 2.75) is 52.6 Å². The van der Waals surface area contributed by atoms with Crippen molar-refractivity contribution in [2.24, 2.45) is 0 Å². The lowest BCUT2D eigenvalue weighted by molar-refractivity contribution is -0.0979. The molecule has 0 spiro atoms. The van der Waals surface area contributed by atoms with Gasteiger partial charge in [0.25, 0.3) is 0 Å². The summed E-state index contributed by atoms with van der Waals surface area (Å²) >= 11 is 0. The Hall–Kier alpha value is -3.90. The first kappa shape index (κ1) is 29.3. The van der Waals surface area contributed by atoms with Gasteiger partial charge in [0.2, 0.25) is 0 Å². The third-order valence-corrected chi connectivity index (χ3v) is 6.59. The second-order valence-corrected chi connectivity index (χ2v) is 8.66. The average molecular weight is 498 g/mol. The Labute approximate surface area is 221 Å². The van der Waals surface area contributed by atoms with E-state index in [0.29, 0.717) is 6.04 Å². The Balaban J connectivity index is 0.00000115. The van der Waals surface area contributed by atoms with Crippen molar-refractivity contribution in [3.8, 4) is 11.3 Å². The number of aromatic nitrogens is 3. The summed E-state index contributed by atoms with van der Waals surface area (Å²) in [6.45, 7) is 24.5. The zero-order chi connectivity index (χ0) is 27.4. The molecular formula is C31H39N5O. The van der Waals surface area contributed by atoms with Crippen LogP contribution < -0.4 is 15.8 Å². The number of rotatable bonds is 7. The van der Waals surface area contributed by atoms with Gasteiger partial charge in [0, 0.05) is 42.1 Å². The lowest BCUT2D eigenvalue weighted by Gasteiger charge is -2.34. The lowest BCUT2D eigenvalue weighted by atomic mass is 10.0. The number of aryl methyl sites for hydroxylation is 1. The summed E-state index contributed by atoms with van der Waals surface area (Å²) in [6, 6.07) is 9.04. The van der Waals surface area contributed by atoms with E-state index in [9.17, 15) is 0 Å². The summed E-state index contributed by atoms with van der Waals surface area (Å²) in [5, 5.41) is 5.48. The number of nitrogens with one attached hydrogen (secondary N) is 1. The minimum Gasteiger partial charge on any atom is -0.340 e. The molecule has 3 aromatic rings. The van der Waals surface area contributed by atoms with Crippen molar-refractivity contribution < 1.29 is 4.79 Å². The van der Waals surface area contributed by atoms with Crippen LogP contribution in [0.4, 0.5) is 11.5 Å². The van der Waals surface area contributed by atoms with E-state index in [4.69, 9.17) is 4.79 Å². The highest BCUT2D eigenvalue weighted by Crippen LogP contribution is 2.30. The predicted molar refractivity (Wildman–Crippen MR) is 156 cm³/mol. The molecule has 0 unspecified atom stereocenters. The number of pyridine rings is 1. The highest BCUT2D eigenvalue weighted by Gasteiger charge is 2.24. The number of hydrogen-bond acceptors (Lipinski definition) is 6. The van der Waals surface area contributed by atoms with Crippen LogP contribution in [0.1, 0.15) is 43.5 Å². The maximum atomic E-state index is 8.00. The molecule has 0 atom stereocenters. The van der Waals surface area contributed by atoms with Crippen molar-refractivity contribution in [3.05, 3.63) is 89.9 Å². The molecular weight excluding hydrogens is 458 g/mol. The predicted octanol–water partition coefficient (Wildman–Crippen LogP) is 5.13. The van der Waals surface area contributed by atoms with Crippen LogP contribution in [0, 0.1) is 6.92 Å². The highest BCUT2D eigenvalue weighted by atomic mass is 16.1. The van der Waals surface area contributed by atoms with Gasteiger partial charge < -0.3 is 10.1 Å². The molecule has 1 aliphatic heterocycles. The minimum atomic E-state index is 0.615. The third-order valence-electron chi connectivity index (χ3n) is 6.59. The maximum Gasteiger partial charge on any atom is 0.137 e. The SMILES string of the molecule is C=C.C=C/C=c1/cc(-c2cc(Nc3ncnc4c3CCN(C(CC)CC)C4)ccc2C)ncc1=C.C=O. The molecule has 1 aliphatic rings. The smallest absolute Gasteiger partial charge is 0.137 e. The molecule has 0 amide bonds. The fourth-order valence-electron chi connectivity index (χ4n) is 4.64. The van der Waals surface area contributed by atoms with Crippen LogP contribution in [0.2, 0.25) is 0 Å². The van der Waals surface area contributed by atoms with E-state index in [0.717, 1.165) is 58.4 Å². The molecule has 0 saturated heterocycles. The van der Waals surface area contributed by atoms with E-state index in [2.05, 4.69) is 96.5 Å². The number of hydrogen-bond donors (Lipinski definition) is 1. The van der Waals surface area contributed by atoms with Crippen LogP contribution in [0.3, 0.4) is 0 Å². The number of benzene rings is 1. The van der Waals surface area contributed by atoms with Gasteiger partial charge in [-0.1, -0.05) is 45.2 Å². The second kappa shape index (κ2) is 14.6. The highest BCUT2D eigenvalue weighted by molar-refractivity contribution is 5.72. The van der Waals surface area contributed by atoms with E-state index in [1.807, 2.05) is 19.1 Å². The van der Waals surface area contributed by atoms with Gasteiger partial charge in [0.05, 0.1) is 11.4 Å². The molecule has 3 heterocycles. The number of allylic oxidation sites excluding steroid dienone is 1. The third kappa shape index (κ3) is 7.08.